The van der Waals surface area contributed by atoms with Gasteiger partial charge in [-0.05, 0) is 51.6 Å². The Morgan fingerprint density at radius 1 is 1.00 bits per heavy atom. The summed E-state index contributed by atoms with van der Waals surface area (Å²) in [5.74, 6) is 1.53. The fraction of sp³-hybridized carbons (Fsp3) is 1.00. The van der Waals surface area contributed by atoms with Crippen molar-refractivity contribution in [3.8, 4) is 0 Å². The van der Waals surface area contributed by atoms with E-state index in [1.807, 2.05) is 0 Å². The van der Waals surface area contributed by atoms with Gasteiger partial charge < -0.3 is 10.6 Å². The lowest BCUT2D eigenvalue weighted by Crippen LogP contribution is -2.58. The van der Waals surface area contributed by atoms with Gasteiger partial charge in [0.25, 0.3) is 0 Å². The molecule has 1 aliphatic carbocycles. The van der Waals surface area contributed by atoms with Gasteiger partial charge in [0.15, 0.2) is 0 Å². The van der Waals surface area contributed by atoms with E-state index in [1.54, 1.807) is 0 Å². The summed E-state index contributed by atoms with van der Waals surface area (Å²) < 4.78 is 0. The van der Waals surface area contributed by atoms with Crippen LogP contribution in [0.3, 0.4) is 0 Å². The summed E-state index contributed by atoms with van der Waals surface area (Å²) in [6.07, 6.45) is 9.15. The Morgan fingerprint density at radius 3 is 2.00 bits per heavy atom. The van der Waals surface area contributed by atoms with E-state index in [2.05, 4.69) is 39.8 Å². The van der Waals surface area contributed by atoms with E-state index in [1.165, 1.54) is 44.9 Å². The maximum atomic E-state index is 6.62. The lowest BCUT2D eigenvalue weighted by molar-refractivity contribution is 0.0618. The first kappa shape index (κ1) is 16.0. The van der Waals surface area contributed by atoms with Crippen LogP contribution >= 0.6 is 0 Å². The van der Waals surface area contributed by atoms with Crippen LogP contribution in [0, 0.1) is 11.8 Å². The topological polar surface area (TPSA) is 29.3 Å². The van der Waals surface area contributed by atoms with E-state index in [9.17, 15) is 0 Å². The monoisotopic (exact) mass is 254 g/mol. The highest BCUT2D eigenvalue weighted by Crippen LogP contribution is 2.36. The van der Waals surface area contributed by atoms with Gasteiger partial charge >= 0.3 is 0 Å². The van der Waals surface area contributed by atoms with Crippen LogP contribution in [0.25, 0.3) is 0 Å². The molecule has 2 atom stereocenters. The van der Waals surface area contributed by atoms with E-state index in [0.717, 1.165) is 11.8 Å². The first-order valence-corrected chi connectivity index (χ1v) is 7.81. The van der Waals surface area contributed by atoms with Crippen molar-refractivity contribution >= 4 is 0 Å². The van der Waals surface area contributed by atoms with E-state index in [-0.39, 0.29) is 5.54 Å². The first-order chi connectivity index (χ1) is 8.38. The quantitative estimate of drug-likeness (QED) is 0.784. The van der Waals surface area contributed by atoms with Gasteiger partial charge in [-0.2, -0.15) is 0 Å². The van der Waals surface area contributed by atoms with Crippen molar-refractivity contribution in [3.05, 3.63) is 0 Å². The number of rotatable bonds is 6. The largest absolute Gasteiger partial charge is 0.326 e. The fourth-order valence-corrected chi connectivity index (χ4v) is 3.87. The highest BCUT2D eigenvalue weighted by atomic mass is 15.2. The molecule has 0 radical (unpaired) electrons. The lowest BCUT2D eigenvalue weighted by atomic mass is 9.72. The maximum absolute atomic E-state index is 6.62. The molecule has 1 rings (SSSR count). The molecule has 0 spiro atoms. The number of nitrogens with two attached hydrogens (primary N) is 1. The van der Waals surface area contributed by atoms with Crippen LogP contribution in [0.2, 0.25) is 0 Å². The van der Waals surface area contributed by atoms with Gasteiger partial charge in [-0.25, -0.2) is 0 Å². The molecule has 0 aromatic heterocycles. The Hall–Kier alpha value is -0.0800. The second kappa shape index (κ2) is 6.91. The molecular formula is C16H34N2. The molecule has 1 aliphatic rings. The van der Waals surface area contributed by atoms with E-state index >= 15 is 0 Å². The molecule has 0 amide bonds. The SMILES string of the molecule is CC(C)CC(C)CC(N)C1(N(C)C)CCCCC1. The van der Waals surface area contributed by atoms with Crippen LogP contribution in [-0.2, 0) is 0 Å². The second-order valence-electron chi connectivity index (χ2n) is 7.14. The third-order valence-corrected chi connectivity index (χ3v) is 4.83. The molecule has 0 heterocycles. The summed E-state index contributed by atoms with van der Waals surface area (Å²) in [6.45, 7) is 6.99. The number of hydrogen-bond acceptors (Lipinski definition) is 2. The summed E-state index contributed by atoms with van der Waals surface area (Å²) in [4.78, 5) is 2.42. The average Bonchev–Trinajstić information content (AvgIpc) is 2.28. The number of hydrogen-bond donors (Lipinski definition) is 1. The molecule has 108 valence electrons. The zero-order valence-electron chi connectivity index (χ0n) is 13.2. The highest BCUT2D eigenvalue weighted by Gasteiger charge is 2.40. The Morgan fingerprint density at radius 2 is 1.56 bits per heavy atom. The molecular weight excluding hydrogens is 220 g/mol. The van der Waals surface area contributed by atoms with Crippen LogP contribution in [-0.4, -0.2) is 30.6 Å². The second-order valence-corrected chi connectivity index (χ2v) is 7.14. The molecule has 0 aliphatic heterocycles. The van der Waals surface area contributed by atoms with Gasteiger partial charge in [0, 0.05) is 11.6 Å². The predicted molar refractivity (Wildman–Crippen MR) is 80.7 cm³/mol. The van der Waals surface area contributed by atoms with Crippen molar-refractivity contribution in [2.24, 2.45) is 17.6 Å². The van der Waals surface area contributed by atoms with Crippen LogP contribution < -0.4 is 5.73 Å². The molecule has 1 saturated carbocycles. The Bertz CT molecular complexity index is 229. The van der Waals surface area contributed by atoms with E-state index < -0.39 is 0 Å². The molecule has 2 heteroatoms. The van der Waals surface area contributed by atoms with Crippen LogP contribution in [0.4, 0.5) is 0 Å². The third-order valence-electron chi connectivity index (χ3n) is 4.83. The Labute approximate surface area is 114 Å². The van der Waals surface area contributed by atoms with E-state index in [4.69, 9.17) is 5.73 Å². The molecule has 0 saturated heterocycles. The minimum absolute atomic E-state index is 0.267. The fourth-order valence-electron chi connectivity index (χ4n) is 3.87. The van der Waals surface area contributed by atoms with Crippen molar-refractivity contribution in [1.29, 1.82) is 0 Å². The number of likely N-dealkylation sites (N-methyl/N-ethyl adjacent to an activating group) is 1. The van der Waals surface area contributed by atoms with Crippen molar-refractivity contribution in [1.82, 2.24) is 4.90 Å². The Kier molecular flexibility index (Phi) is 6.13. The van der Waals surface area contributed by atoms with Crippen LogP contribution in [0.1, 0.15) is 65.7 Å². The van der Waals surface area contributed by atoms with Crippen molar-refractivity contribution in [2.75, 3.05) is 14.1 Å². The Balaban J connectivity index is 2.62. The molecule has 0 aromatic rings. The lowest BCUT2D eigenvalue weighted by Gasteiger charge is -2.48. The molecule has 18 heavy (non-hydrogen) atoms. The summed E-state index contributed by atoms with van der Waals surface area (Å²) in [7, 11) is 4.44. The molecule has 2 unspecified atom stereocenters. The van der Waals surface area contributed by atoms with Gasteiger partial charge in [0.05, 0.1) is 0 Å². The molecule has 1 fully saturated rings. The zero-order chi connectivity index (χ0) is 13.8. The summed E-state index contributed by atoms with van der Waals surface area (Å²) >= 11 is 0. The molecule has 2 nitrogen and oxygen atoms in total. The van der Waals surface area contributed by atoms with Gasteiger partial charge in [-0.3, -0.25) is 0 Å². The van der Waals surface area contributed by atoms with Crippen molar-refractivity contribution in [2.45, 2.75) is 77.3 Å². The summed E-state index contributed by atoms with van der Waals surface area (Å²) in [5, 5.41) is 0. The first-order valence-electron chi connectivity index (χ1n) is 7.81. The molecule has 0 bridgehead atoms. The van der Waals surface area contributed by atoms with Gasteiger partial charge in [-0.15, -0.1) is 0 Å². The van der Waals surface area contributed by atoms with Crippen molar-refractivity contribution in [3.63, 3.8) is 0 Å². The smallest absolute Gasteiger partial charge is 0.0354 e. The molecule has 2 N–H and O–H groups in total. The zero-order valence-corrected chi connectivity index (χ0v) is 13.2. The van der Waals surface area contributed by atoms with Crippen LogP contribution in [0.5, 0.6) is 0 Å². The minimum atomic E-state index is 0.267. The standard InChI is InChI=1S/C16H34N2/c1-13(2)11-14(3)12-15(17)16(18(4)5)9-7-6-8-10-16/h13-15H,6-12,17H2,1-5H3. The normalized spacial score (nSPS) is 23.3. The van der Waals surface area contributed by atoms with Gasteiger partial charge in [-0.1, -0.05) is 40.0 Å². The van der Waals surface area contributed by atoms with Gasteiger partial charge in [0.2, 0.25) is 0 Å². The summed E-state index contributed by atoms with van der Waals surface area (Å²) in [5.41, 5.74) is 6.89. The van der Waals surface area contributed by atoms with Gasteiger partial charge in [0.1, 0.15) is 0 Å². The predicted octanol–water partition coefficient (Wildman–Crippen LogP) is 3.65. The van der Waals surface area contributed by atoms with Crippen LogP contribution in [0.15, 0.2) is 0 Å². The average molecular weight is 254 g/mol. The van der Waals surface area contributed by atoms with Crippen molar-refractivity contribution < 1.29 is 0 Å². The maximum Gasteiger partial charge on any atom is 0.0354 e. The minimum Gasteiger partial charge on any atom is -0.326 e. The number of nitrogens with zero attached hydrogens (tertiary/aromatic N) is 1. The summed E-state index contributed by atoms with van der Waals surface area (Å²) in [6, 6.07) is 0.335. The molecule has 0 aromatic carbocycles. The van der Waals surface area contributed by atoms with E-state index in [0.29, 0.717) is 6.04 Å². The highest BCUT2D eigenvalue weighted by molar-refractivity contribution is 4.99. The third kappa shape index (κ3) is 3.96.